The van der Waals surface area contributed by atoms with Crippen LogP contribution < -0.4 is 34.1 Å². The van der Waals surface area contributed by atoms with Crippen LogP contribution >= 0.6 is 0 Å². The minimum atomic E-state index is 0. The maximum Gasteiger partial charge on any atom is 0.224 e. The molecule has 1 aliphatic carbocycles. The van der Waals surface area contributed by atoms with Crippen molar-refractivity contribution in [3.63, 3.8) is 0 Å². The van der Waals surface area contributed by atoms with E-state index in [-0.39, 0.29) is 5.48 Å². The molecule has 3 aromatic rings. The molecule has 0 saturated heterocycles. The number of benzene rings is 3. The smallest absolute Gasteiger partial charge is 0.224 e. The first-order valence-electron chi connectivity index (χ1n) is 10.0. The monoisotopic (exact) mass is 444 g/mol. The molecule has 0 aliphatic heterocycles. The van der Waals surface area contributed by atoms with Crippen LogP contribution in [-0.4, -0.2) is 16.9 Å². The van der Waals surface area contributed by atoms with Gasteiger partial charge in [-0.3, -0.25) is 5.41 Å². The van der Waals surface area contributed by atoms with Crippen LogP contribution in [0.5, 0.6) is 0 Å². The number of hydrogen-bond acceptors (Lipinski definition) is 6. The van der Waals surface area contributed by atoms with Crippen molar-refractivity contribution >= 4 is 39.9 Å². The van der Waals surface area contributed by atoms with Crippen molar-refractivity contribution in [3.8, 4) is 0 Å². The lowest BCUT2D eigenvalue weighted by Gasteiger charge is -2.07. The lowest BCUT2D eigenvalue weighted by atomic mass is 10.0. The van der Waals surface area contributed by atoms with E-state index in [1.54, 1.807) is 36.4 Å². The fourth-order valence-electron chi connectivity index (χ4n) is 2.99. The van der Waals surface area contributed by atoms with E-state index in [0.717, 1.165) is 29.0 Å². The SMILES string of the molecule is NC1=CC(=[NH2+])C(=Nc2ccc(N)cc2)C=C1.Nc1ccc(Cc2ccc(N)cc2N)cc1.O. The molecule has 3 aromatic carbocycles. The summed E-state index contributed by atoms with van der Waals surface area (Å²) in [5.41, 5.74) is 36.3. The van der Waals surface area contributed by atoms with Crippen LogP contribution in [0.15, 0.2) is 95.6 Å². The van der Waals surface area contributed by atoms with Gasteiger partial charge in [0, 0.05) is 34.5 Å². The van der Waals surface area contributed by atoms with Crippen LogP contribution in [0.4, 0.5) is 28.4 Å². The normalized spacial score (nSPS) is 13.5. The van der Waals surface area contributed by atoms with Gasteiger partial charge >= 0.3 is 0 Å². The average Bonchev–Trinajstić information content (AvgIpc) is 2.76. The highest BCUT2D eigenvalue weighted by atomic mass is 16.0. The summed E-state index contributed by atoms with van der Waals surface area (Å²) < 4.78 is 0. The van der Waals surface area contributed by atoms with E-state index >= 15 is 0 Å². The fraction of sp³-hybridized carbons (Fsp3) is 0.0400. The summed E-state index contributed by atoms with van der Waals surface area (Å²) >= 11 is 0. The van der Waals surface area contributed by atoms with Gasteiger partial charge in [-0.25, -0.2) is 4.99 Å². The molecule has 0 spiro atoms. The molecule has 0 unspecified atom stereocenters. The van der Waals surface area contributed by atoms with Crippen LogP contribution in [0, 0.1) is 0 Å². The predicted octanol–water partition coefficient (Wildman–Crippen LogP) is 1.15. The maximum absolute atomic E-state index is 5.89. The van der Waals surface area contributed by atoms with E-state index in [1.807, 2.05) is 48.5 Å². The van der Waals surface area contributed by atoms with Gasteiger partial charge in [-0.1, -0.05) is 18.2 Å². The molecular weight excluding hydrogens is 414 g/mol. The van der Waals surface area contributed by atoms with Crippen LogP contribution in [0.3, 0.4) is 0 Å². The van der Waals surface area contributed by atoms with E-state index in [9.17, 15) is 0 Å². The molecule has 0 aromatic heterocycles. The minimum Gasteiger partial charge on any atom is -0.412 e. The van der Waals surface area contributed by atoms with Gasteiger partial charge in [-0.2, -0.15) is 0 Å². The van der Waals surface area contributed by atoms with E-state index in [1.165, 1.54) is 5.56 Å². The first-order chi connectivity index (χ1) is 15.3. The summed E-state index contributed by atoms with van der Waals surface area (Å²) in [5, 5.41) is 5.80. The van der Waals surface area contributed by atoms with Gasteiger partial charge < -0.3 is 34.1 Å². The molecule has 33 heavy (non-hydrogen) atoms. The standard InChI is InChI=1S/C13H15N3.C12H12N4.H2O/c14-11-4-1-9(2-5-11)7-10-3-6-12(15)8-13(10)16;13-8-1-4-10(5-2-8)16-12-6-3-9(14)7-11(12)15;/h1-6,8H,7,14-16H2;1-7,15H,13-14H2;1H2/p+1. The first-order valence-corrected chi connectivity index (χ1v) is 10.0. The molecule has 14 N–H and O–H groups in total. The van der Waals surface area contributed by atoms with E-state index in [2.05, 4.69) is 4.99 Å². The van der Waals surface area contributed by atoms with Crippen LogP contribution in [-0.2, 0) is 6.42 Å². The molecule has 0 amide bonds. The molecule has 0 atom stereocenters. The molecule has 0 bridgehead atoms. The Hall–Kier alpha value is -4.56. The van der Waals surface area contributed by atoms with E-state index in [4.69, 9.17) is 34.1 Å². The van der Waals surface area contributed by atoms with Gasteiger partial charge in [0.25, 0.3) is 0 Å². The van der Waals surface area contributed by atoms with Crippen molar-refractivity contribution in [2.45, 2.75) is 6.42 Å². The van der Waals surface area contributed by atoms with Crippen molar-refractivity contribution in [3.05, 3.63) is 102 Å². The summed E-state index contributed by atoms with van der Waals surface area (Å²) in [6.07, 6.45) is 6.05. The topological polar surface area (TPSA) is 200 Å². The predicted molar refractivity (Wildman–Crippen MR) is 139 cm³/mol. The zero-order valence-electron chi connectivity index (χ0n) is 18.2. The summed E-state index contributed by atoms with van der Waals surface area (Å²) in [5.74, 6) is 0. The number of nitrogen functional groups attached to an aromatic ring is 4. The first kappa shape index (κ1) is 24.7. The number of hydrogen-bond donors (Lipinski definition) is 6. The fourth-order valence-corrected chi connectivity index (χ4v) is 2.99. The Kier molecular flexibility index (Phi) is 8.36. The highest BCUT2D eigenvalue weighted by Crippen LogP contribution is 2.20. The minimum absolute atomic E-state index is 0. The van der Waals surface area contributed by atoms with E-state index in [0.29, 0.717) is 28.5 Å². The lowest BCUT2D eigenvalue weighted by molar-refractivity contribution is -0.108. The number of rotatable bonds is 3. The maximum atomic E-state index is 5.89. The summed E-state index contributed by atoms with van der Waals surface area (Å²) in [4.78, 5) is 4.39. The second-order valence-electron chi connectivity index (χ2n) is 7.40. The van der Waals surface area contributed by atoms with Crippen LogP contribution in [0.25, 0.3) is 0 Å². The van der Waals surface area contributed by atoms with Crippen molar-refractivity contribution in [2.75, 3.05) is 22.9 Å². The van der Waals surface area contributed by atoms with Gasteiger partial charge in [-0.05, 0) is 78.2 Å². The zero-order valence-corrected chi connectivity index (χ0v) is 18.2. The molecule has 4 rings (SSSR count). The number of aliphatic imine (C=N–C) groups is 1. The molecule has 1 aliphatic rings. The summed E-state index contributed by atoms with van der Waals surface area (Å²) in [6.45, 7) is 0. The summed E-state index contributed by atoms with van der Waals surface area (Å²) in [7, 11) is 0. The molecular formula is C25H30N7O+. The molecule has 8 heteroatoms. The molecule has 0 fully saturated rings. The lowest BCUT2D eigenvalue weighted by Crippen LogP contribution is -2.44. The third-order valence-corrected chi connectivity index (χ3v) is 4.74. The average molecular weight is 445 g/mol. The number of nitrogens with two attached hydrogens (primary N) is 6. The Morgan fingerprint density at radius 1 is 0.697 bits per heavy atom. The molecule has 8 nitrogen and oxygen atoms in total. The van der Waals surface area contributed by atoms with Crippen LogP contribution in [0.1, 0.15) is 11.1 Å². The second-order valence-corrected chi connectivity index (χ2v) is 7.40. The molecule has 0 radical (unpaired) electrons. The number of allylic oxidation sites excluding steroid dienone is 3. The van der Waals surface area contributed by atoms with Gasteiger partial charge in [0.05, 0.1) is 5.69 Å². The quantitative estimate of drug-likeness (QED) is 0.259. The Bertz CT molecular complexity index is 1190. The highest BCUT2D eigenvalue weighted by Gasteiger charge is 2.11. The van der Waals surface area contributed by atoms with Crippen LogP contribution in [0.2, 0.25) is 0 Å². The van der Waals surface area contributed by atoms with Gasteiger partial charge in [0.2, 0.25) is 5.71 Å². The third-order valence-electron chi connectivity index (χ3n) is 4.74. The Labute approximate surface area is 192 Å². The zero-order chi connectivity index (χ0) is 23.1. The van der Waals surface area contributed by atoms with Crippen molar-refractivity contribution in [1.29, 1.82) is 0 Å². The Morgan fingerprint density at radius 3 is 1.85 bits per heavy atom. The molecule has 0 heterocycles. The second kappa shape index (κ2) is 11.2. The number of nitrogens with zero attached hydrogens (tertiary/aromatic N) is 1. The van der Waals surface area contributed by atoms with Gasteiger partial charge in [-0.15, -0.1) is 0 Å². The Morgan fingerprint density at radius 2 is 1.27 bits per heavy atom. The summed E-state index contributed by atoms with van der Waals surface area (Å²) in [6, 6.07) is 20.7. The third kappa shape index (κ3) is 7.27. The number of anilines is 4. The van der Waals surface area contributed by atoms with Crippen molar-refractivity contribution in [1.82, 2.24) is 0 Å². The van der Waals surface area contributed by atoms with Crippen molar-refractivity contribution in [2.24, 2.45) is 10.7 Å². The Balaban J connectivity index is 0.000000227. The van der Waals surface area contributed by atoms with Gasteiger partial charge in [0.15, 0.2) is 0 Å². The van der Waals surface area contributed by atoms with Gasteiger partial charge in [0.1, 0.15) is 5.71 Å². The van der Waals surface area contributed by atoms with E-state index < -0.39 is 0 Å². The largest absolute Gasteiger partial charge is 0.412 e. The molecule has 170 valence electrons. The molecule has 0 saturated carbocycles. The van der Waals surface area contributed by atoms with Crippen molar-refractivity contribution < 1.29 is 10.9 Å². The highest BCUT2D eigenvalue weighted by molar-refractivity contribution is 6.49.